The minimum atomic E-state index is 0.356. The van der Waals surface area contributed by atoms with E-state index in [1.807, 2.05) is 11.6 Å². The predicted molar refractivity (Wildman–Crippen MR) is 53.4 cm³/mol. The molecule has 1 unspecified atom stereocenters. The van der Waals surface area contributed by atoms with Crippen molar-refractivity contribution in [1.29, 1.82) is 0 Å². The fourth-order valence-corrected chi connectivity index (χ4v) is 2.01. The van der Waals surface area contributed by atoms with E-state index in [2.05, 4.69) is 24.5 Å². The van der Waals surface area contributed by atoms with Crippen LogP contribution >= 0.6 is 24.0 Å². The number of thiol groups is 1. The Labute approximate surface area is 77.3 Å². The number of unbranched alkanes of at least 4 members (excludes halogenated alkanes) is 1. The van der Waals surface area contributed by atoms with Crippen LogP contribution in [-0.4, -0.2) is 4.98 Å². The van der Waals surface area contributed by atoms with Crippen LogP contribution in [0.25, 0.3) is 0 Å². The molecule has 0 aliphatic heterocycles. The molecule has 62 valence electrons. The molecular formula is C8H13NS2. The van der Waals surface area contributed by atoms with Crippen LogP contribution in [-0.2, 0) is 0 Å². The Kier molecular flexibility index (Phi) is 3.94. The fourth-order valence-electron chi connectivity index (χ4n) is 0.920. The van der Waals surface area contributed by atoms with E-state index in [-0.39, 0.29) is 0 Å². The SMILES string of the molecule is CCCCC(S)c1nccs1. The van der Waals surface area contributed by atoms with Gasteiger partial charge in [0.1, 0.15) is 5.01 Å². The van der Waals surface area contributed by atoms with Gasteiger partial charge in [-0.15, -0.1) is 11.3 Å². The Morgan fingerprint density at radius 3 is 3.09 bits per heavy atom. The average molecular weight is 187 g/mol. The molecule has 0 fully saturated rings. The van der Waals surface area contributed by atoms with E-state index < -0.39 is 0 Å². The zero-order valence-electron chi connectivity index (χ0n) is 6.66. The molecule has 0 aliphatic carbocycles. The Bertz CT molecular complexity index is 184. The highest BCUT2D eigenvalue weighted by molar-refractivity contribution is 7.80. The summed E-state index contributed by atoms with van der Waals surface area (Å²) in [5.41, 5.74) is 0. The van der Waals surface area contributed by atoms with E-state index >= 15 is 0 Å². The quantitative estimate of drug-likeness (QED) is 0.714. The summed E-state index contributed by atoms with van der Waals surface area (Å²) in [5.74, 6) is 0. The molecule has 0 N–H and O–H groups in total. The van der Waals surface area contributed by atoms with Crippen LogP contribution in [0.15, 0.2) is 11.6 Å². The van der Waals surface area contributed by atoms with Crippen LogP contribution in [0.4, 0.5) is 0 Å². The molecule has 0 saturated carbocycles. The van der Waals surface area contributed by atoms with Crippen molar-refractivity contribution in [3.05, 3.63) is 16.6 Å². The summed E-state index contributed by atoms with van der Waals surface area (Å²) in [5, 5.41) is 3.52. The summed E-state index contributed by atoms with van der Waals surface area (Å²) >= 11 is 6.16. The number of thiazole rings is 1. The molecule has 1 aromatic heterocycles. The third-order valence-electron chi connectivity index (χ3n) is 1.57. The van der Waals surface area contributed by atoms with Crippen LogP contribution in [0.1, 0.15) is 36.4 Å². The summed E-state index contributed by atoms with van der Waals surface area (Å²) in [6.07, 6.45) is 5.47. The minimum Gasteiger partial charge on any atom is -0.249 e. The lowest BCUT2D eigenvalue weighted by molar-refractivity contribution is 0.706. The average Bonchev–Trinajstić information content (AvgIpc) is 2.52. The summed E-state index contributed by atoms with van der Waals surface area (Å²) in [6.45, 7) is 2.20. The fraction of sp³-hybridized carbons (Fsp3) is 0.625. The third-order valence-corrected chi connectivity index (χ3v) is 3.13. The van der Waals surface area contributed by atoms with Gasteiger partial charge in [-0.25, -0.2) is 4.98 Å². The van der Waals surface area contributed by atoms with Gasteiger partial charge in [-0.05, 0) is 6.42 Å². The van der Waals surface area contributed by atoms with E-state index in [4.69, 9.17) is 0 Å². The molecule has 3 heteroatoms. The summed E-state index contributed by atoms with van der Waals surface area (Å²) < 4.78 is 0. The molecule has 0 radical (unpaired) electrons. The summed E-state index contributed by atoms with van der Waals surface area (Å²) in [7, 11) is 0. The van der Waals surface area contributed by atoms with E-state index in [0.717, 1.165) is 11.4 Å². The Morgan fingerprint density at radius 2 is 2.55 bits per heavy atom. The smallest absolute Gasteiger partial charge is 0.105 e. The van der Waals surface area contributed by atoms with Gasteiger partial charge in [0, 0.05) is 11.6 Å². The molecule has 0 spiro atoms. The number of aromatic nitrogens is 1. The van der Waals surface area contributed by atoms with Crippen molar-refractivity contribution in [3.63, 3.8) is 0 Å². The highest BCUT2D eigenvalue weighted by atomic mass is 32.1. The Balaban J connectivity index is 2.36. The van der Waals surface area contributed by atoms with Gasteiger partial charge in [0.05, 0.1) is 5.25 Å². The maximum Gasteiger partial charge on any atom is 0.105 e. The topological polar surface area (TPSA) is 12.9 Å². The minimum absolute atomic E-state index is 0.356. The second kappa shape index (κ2) is 4.78. The van der Waals surface area contributed by atoms with Crippen molar-refractivity contribution >= 4 is 24.0 Å². The van der Waals surface area contributed by atoms with Crippen LogP contribution in [0.2, 0.25) is 0 Å². The van der Waals surface area contributed by atoms with Crippen molar-refractivity contribution in [2.24, 2.45) is 0 Å². The first-order valence-electron chi connectivity index (χ1n) is 3.92. The first-order chi connectivity index (χ1) is 5.34. The van der Waals surface area contributed by atoms with Gasteiger partial charge >= 0.3 is 0 Å². The zero-order valence-corrected chi connectivity index (χ0v) is 8.37. The predicted octanol–water partition coefficient (Wildman–Crippen LogP) is 3.30. The van der Waals surface area contributed by atoms with Crippen molar-refractivity contribution in [2.45, 2.75) is 31.4 Å². The number of nitrogens with zero attached hydrogens (tertiary/aromatic N) is 1. The first kappa shape index (κ1) is 9.07. The van der Waals surface area contributed by atoms with Crippen molar-refractivity contribution in [2.75, 3.05) is 0 Å². The molecule has 1 aromatic rings. The maximum absolute atomic E-state index is 4.47. The highest BCUT2D eigenvalue weighted by Gasteiger charge is 2.06. The lowest BCUT2D eigenvalue weighted by atomic mass is 10.2. The molecule has 0 amide bonds. The number of hydrogen-bond donors (Lipinski definition) is 1. The highest BCUT2D eigenvalue weighted by Crippen LogP contribution is 2.26. The standard InChI is InChI=1S/C8H13NS2/c1-2-3-4-7(10)8-9-5-6-11-8/h5-7,10H,2-4H2,1H3. The van der Waals surface area contributed by atoms with Gasteiger partial charge < -0.3 is 0 Å². The zero-order chi connectivity index (χ0) is 8.10. The molecule has 0 aromatic carbocycles. The van der Waals surface area contributed by atoms with Gasteiger partial charge in [0.25, 0.3) is 0 Å². The Hall–Kier alpha value is -0.0200. The lowest BCUT2D eigenvalue weighted by Gasteiger charge is -2.04. The maximum atomic E-state index is 4.47. The first-order valence-corrected chi connectivity index (χ1v) is 5.31. The van der Waals surface area contributed by atoms with Crippen LogP contribution in [0, 0.1) is 0 Å². The van der Waals surface area contributed by atoms with Crippen molar-refractivity contribution < 1.29 is 0 Å². The second-order valence-corrected chi connectivity index (χ2v) is 4.08. The van der Waals surface area contributed by atoms with E-state index in [9.17, 15) is 0 Å². The van der Waals surface area contributed by atoms with Crippen LogP contribution in [0.5, 0.6) is 0 Å². The molecule has 0 bridgehead atoms. The van der Waals surface area contributed by atoms with Crippen LogP contribution < -0.4 is 0 Å². The molecular weight excluding hydrogens is 174 g/mol. The second-order valence-electron chi connectivity index (χ2n) is 2.53. The van der Waals surface area contributed by atoms with Crippen molar-refractivity contribution in [1.82, 2.24) is 4.98 Å². The molecule has 1 heterocycles. The van der Waals surface area contributed by atoms with Gasteiger partial charge in [0.2, 0.25) is 0 Å². The van der Waals surface area contributed by atoms with Gasteiger partial charge in [-0.1, -0.05) is 19.8 Å². The van der Waals surface area contributed by atoms with Gasteiger partial charge in [-0.2, -0.15) is 12.6 Å². The molecule has 0 aliphatic rings. The molecule has 1 rings (SSSR count). The monoisotopic (exact) mass is 187 g/mol. The van der Waals surface area contributed by atoms with Gasteiger partial charge in [0.15, 0.2) is 0 Å². The summed E-state index contributed by atoms with van der Waals surface area (Å²) in [6, 6.07) is 0. The normalized spacial score (nSPS) is 13.3. The van der Waals surface area contributed by atoms with E-state index in [1.165, 1.54) is 12.8 Å². The van der Waals surface area contributed by atoms with Crippen LogP contribution in [0.3, 0.4) is 0 Å². The van der Waals surface area contributed by atoms with Gasteiger partial charge in [-0.3, -0.25) is 0 Å². The summed E-state index contributed by atoms with van der Waals surface area (Å²) in [4.78, 5) is 4.21. The molecule has 1 nitrogen and oxygen atoms in total. The van der Waals surface area contributed by atoms with Crippen molar-refractivity contribution in [3.8, 4) is 0 Å². The molecule has 1 atom stereocenters. The largest absolute Gasteiger partial charge is 0.249 e. The number of hydrogen-bond acceptors (Lipinski definition) is 3. The number of rotatable bonds is 4. The van der Waals surface area contributed by atoms with E-state index in [0.29, 0.717) is 5.25 Å². The molecule has 11 heavy (non-hydrogen) atoms. The van der Waals surface area contributed by atoms with E-state index in [1.54, 1.807) is 11.3 Å². The Morgan fingerprint density at radius 1 is 1.73 bits per heavy atom. The lowest BCUT2D eigenvalue weighted by Crippen LogP contribution is -1.88. The third kappa shape index (κ3) is 2.83. The molecule has 0 saturated heterocycles.